The first-order valence-electron chi connectivity index (χ1n) is 4.87. The molecule has 0 saturated heterocycles. The van der Waals surface area contributed by atoms with E-state index in [2.05, 4.69) is 5.10 Å². The summed E-state index contributed by atoms with van der Waals surface area (Å²) in [6.45, 7) is 0. The molecule has 0 bridgehead atoms. The van der Waals surface area contributed by atoms with E-state index in [1.807, 2.05) is 0 Å². The molecule has 0 amide bonds. The number of nitrogen functional groups attached to an aromatic ring is 1. The van der Waals surface area contributed by atoms with Crippen LogP contribution in [0, 0.1) is 0 Å². The molecule has 2 rings (SSSR count). The molecule has 0 spiro atoms. The number of hydrogen-bond acceptors (Lipinski definition) is 5. The number of aromatic nitrogens is 2. The Morgan fingerprint density at radius 2 is 2.24 bits per heavy atom. The number of ether oxygens (including phenoxy) is 1. The minimum Gasteiger partial charge on any atom is -0.508 e. The third kappa shape index (κ3) is 2.36. The first kappa shape index (κ1) is 11.0. The topological polar surface area (TPSA) is 90.4 Å². The second-order valence-corrected chi connectivity index (χ2v) is 3.46. The molecule has 6 heteroatoms. The Hall–Kier alpha value is -2.50. The third-order valence-corrected chi connectivity index (χ3v) is 2.15. The zero-order chi connectivity index (χ0) is 12.4. The maximum Gasteiger partial charge on any atom is 0.364 e. The van der Waals surface area contributed by atoms with Gasteiger partial charge < -0.3 is 15.6 Å². The summed E-state index contributed by atoms with van der Waals surface area (Å²) in [6, 6.07) is 7.38. The van der Waals surface area contributed by atoms with Gasteiger partial charge in [-0.1, -0.05) is 6.07 Å². The molecule has 1 heterocycles. The highest BCUT2D eigenvalue weighted by Crippen LogP contribution is 2.19. The van der Waals surface area contributed by atoms with Gasteiger partial charge >= 0.3 is 5.97 Å². The van der Waals surface area contributed by atoms with Crippen LogP contribution in [0.3, 0.4) is 0 Å². The Kier molecular flexibility index (Phi) is 2.70. The number of aromatic hydroxyl groups is 1. The van der Waals surface area contributed by atoms with E-state index in [1.165, 1.54) is 22.9 Å². The van der Waals surface area contributed by atoms with Crippen molar-refractivity contribution >= 4 is 11.8 Å². The fourth-order valence-corrected chi connectivity index (χ4v) is 1.29. The number of nitrogens with two attached hydrogens (primary N) is 1. The number of esters is 1. The van der Waals surface area contributed by atoms with Crippen molar-refractivity contribution in [3.05, 3.63) is 36.0 Å². The second-order valence-electron chi connectivity index (χ2n) is 3.46. The van der Waals surface area contributed by atoms with E-state index in [1.54, 1.807) is 19.2 Å². The molecule has 0 aliphatic heterocycles. The van der Waals surface area contributed by atoms with Crippen molar-refractivity contribution in [2.24, 2.45) is 7.05 Å². The van der Waals surface area contributed by atoms with Crippen molar-refractivity contribution < 1.29 is 14.6 Å². The highest BCUT2D eigenvalue weighted by molar-refractivity contribution is 5.89. The van der Waals surface area contributed by atoms with E-state index in [0.717, 1.165) is 0 Å². The van der Waals surface area contributed by atoms with Gasteiger partial charge in [-0.2, -0.15) is 5.10 Å². The predicted octanol–water partition coefficient (Wildman–Crippen LogP) is 0.927. The van der Waals surface area contributed by atoms with E-state index < -0.39 is 5.97 Å². The van der Waals surface area contributed by atoms with E-state index in [9.17, 15) is 9.90 Å². The lowest BCUT2D eigenvalue weighted by Gasteiger charge is -2.01. The summed E-state index contributed by atoms with van der Waals surface area (Å²) in [5.41, 5.74) is 5.67. The van der Waals surface area contributed by atoms with Crippen LogP contribution in [0.15, 0.2) is 30.3 Å². The molecule has 6 nitrogen and oxygen atoms in total. The van der Waals surface area contributed by atoms with Gasteiger partial charge in [-0.25, -0.2) is 4.79 Å². The largest absolute Gasteiger partial charge is 0.508 e. The van der Waals surface area contributed by atoms with Gasteiger partial charge in [0.1, 0.15) is 17.3 Å². The molecule has 3 N–H and O–H groups in total. The Balaban J connectivity index is 2.17. The lowest BCUT2D eigenvalue weighted by Crippen LogP contribution is -2.09. The number of rotatable bonds is 2. The van der Waals surface area contributed by atoms with Gasteiger partial charge in [-0.3, -0.25) is 4.68 Å². The van der Waals surface area contributed by atoms with Gasteiger partial charge in [0.25, 0.3) is 0 Å². The quantitative estimate of drug-likeness (QED) is 0.594. The molecule has 1 aromatic heterocycles. The van der Waals surface area contributed by atoms with Crippen LogP contribution in [0.5, 0.6) is 11.5 Å². The van der Waals surface area contributed by atoms with Gasteiger partial charge in [0.15, 0.2) is 5.69 Å². The smallest absolute Gasteiger partial charge is 0.364 e. The van der Waals surface area contributed by atoms with Crippen molar-refractivity contribution in [3.8, 4) is 11.5 Å². The minimum absolute atomic E-state index is 0.0239. The van der Waals surface area contributed by atoms with E-state index >= 15 is 0 Å². The van der Waals surface area contributed by atoms with Gasteiger partial charge in [0, 0.05) is 19.2 Å². The van der Waals surface area contributed by atoms with Crippen LogP contribution in [-0.2, 0) is 7.05 Å². The maximum atomic E-state index is 11.7. The number of phenolic OH excluding ortho intramolecular Hbond substituents is 1. The van der Waals surface area contributed by atoms with Crippen molar-refractivity contribution in [2.75, 3.05) is 5.73 Å². The van der Waals surface area contributed by atoms with Gasteiger partial charge in [0.05, 0.1) is 0 Å². The Bertz CT molecular complexity index is 543. The van der Waals surface area contributed by atoms with Crippen LogP contribution in [0.1, 0.15) is 10.5 Å². The average Bonchev–Trinajstić information content (AvgIpc) is 2.59. The monoisotopic (exact) mass is 233 g/mol. The third-order valence-electron chi connectivity index (χ3n) is 2.15. The number of nitrogens with zero attached hydrogens (tertiary/aromatic N) is 2. The zero-order valence-electron chi connectivity index (χ0n) is 9.12. The molecular weight excluding hydrogens is 222 g/mol. The zero-order valence-corrected chi connectivity index (χ0v) is 9.12. The molecule has 2 aromatic rings. The van der Waals surface area contributed by atoms with Gasteiger partial charge in [-0.15, -0.1) is 0 Å². The van der Waals surface area contributed by atoms with Crippen LogP contribution >= 0.6 is 0 Å². The Labute approximate surface area is 97.2 Å². The van der Waals surface area contributed by atoms with Crippen LogP contribution in [0.4, 0.5) is 5.82 Å². The number of anilines is 1. The highest BCUT2D eigenvalue weighted by Gasteiger charge is 2.13. The molecule has 0 saturated carbocycles. The molecule has 0 atom stereocenters. The minimum atomic E-state index is -0.622. The summed E-state index contributed by atoms with van der Waals surface area (Å²) in [5, 5.41) is 13.1. The fraction of sp³-hybridized carbons (Fsp3) is 0.0909. The van der Waals surface area contributed by atoms with Crippen molar-refractivity contribution in [1.29, 1.82) is 0 Å². The normalized spacial score (nSPS) is 10.2. The van der Waals surface area contributed by atoms with Crippen molar-refractivity contribution in [1.82, 2.24) is 9.78 Å². The van der Waals surface area contributed by atoms with Crippen molar-refractivity contribution in [3.63, 3.8) is 0 Å². The number of aryl methyl sites for hydroxylation is 1. The number of benzene rings is 1. The lowest BCUT2D eigenvalue weighted by atomic mass is 10.3. The van der Waals surface area contributed by atoms with E-state index in [-0.39, 0.29) is 17.2 Å². The summed E-state index contributed by atoms with van der Waals surface area (Å²) >= 11 is 0. The molecule has 0 aliphatic rings. The standard InChI is InChI=1S/C11H11N3O3/c1-14-10(12)6-9(13-14)11(16)17-8-4-2-3-7(15)5-8/h2-6,15H,12H2,1H3. The predicted molar refractivity (Wildman–Crippen MR) is 60.7 cm³/mol. The summed E-state index contributed by atoms with van der Waals surface area (Å²) in [7, 11) is 1.63. The number of phenols is 1. The number of carbonyl (C=O) groups is 1. The van der Waals surface area contributed by atoms with E-state index in [4.69, 9.17) is 10.5 Å². The van der Waals surface area contributed by atoms with Crippen LogP contribution in [0.2, 0.25) is 0 Å². The Morgan fingerprint density at radius 3 is 2.82 bits per heavy atom. The molecule has 0 unspecified atom stereocenters. The van der Waals surface area contributed by atoms with Crippen LogP contribution < -0.4 is 10.5 Å². The molecule has 17 heavy (non-hydrogen) atoms. The van der Waals surface area contributed by atoms with Gasteiger partial charge in [-0.05, 0) is 12.1 Å². The molecule has 0 fully saturated rings. The lowest BCUT2D eigenvalue weighted by molar-refractivity contribution is 0.0727. The van der Waals surface area contributed by atoms with Crippen molar-refractivity contribution in [2.45, 2.75) is 0 Å². The van der Waals surface area contributed by atoms with Gasteiger partial charge in [0.2, 0.25) is 0 Å². The summed E-state index contributed by atoms with van der Waals surface area (Å²) in [4.78, 5) is 11.7. The Morgan fingerprint density at radius 1 is 1.47 bits per heavy atom. The number of hydrogen-bond donors (Lipinski definition) is 2. The molecule has 1 aromatic carbocycles. The van der Waals surface area contributed by atoms with E-state index in [0.29, 0.717) is 5.82 Å². The molecular formula is C11H11N3O3. The highest BCUT2D eigenvalue weighted by atomic mass is 16.5. The fourth-order valence-electron chi connectivity index (χ4n) is 1.29. The number of carbonyl (C=O) groups excluding carboxylic acids is 1. The first-order chi connectivity index (χ1) is 8.06. The maximum absolute atomic E-state index is 11.7. The van der Waals surface area contributed by atoms with Crippen LogP contribution in [0.25, 0.3) is 0 Å². The average molecular weight is 233 g/mol. The summed E-state index contributed by atoms with van der Waals surface area (Å²) < 4.78 is 6.39. The molecule has 0 radical (unpaired) electrons. The summed E-state index contributed by atoms with van der Waals surface area (Å²) in [5.74, 6) is 0.0193. The molecule has 0 aliphatic carbocycles. The first-order valence-corrected chi connectivity index (χ1v) is 4.87. The second kappa shape index (κ2) is 4.17. The van der Waals surface area contributed by atoms with Crippen LogP contribution in [-0.4, -0.2) is 20.9 Å². The summed E-state index contributed by atoms with van der Waals surface area (Å²) in [6.07, 6.45) is 0. The molecule has 88 valence electrons. The SMILES string of the molecule is Cn1nc(C(=O)Oc2cccc(O)c2)cc1N.